The topological polar surface area (TPSA) is 0 Å². The van der Waals surface area contributed by atoms with E-state index in [1.54, 1.807) is 0 Å². The number of allylic oxidation sites excluding steroid dienone is 2. The minimum absolute atomic E-state index is 0.577. The molecule has 0 N–H and O–H groups in total. The van der Waals surface area contributed by atoms with Gasteiger partial charge in [-0.3, -0.25) is 0 Å². The quantitative estimate of drug-likeness (QED) is 0.517. The smallest absolute Gasteiger partial charge is 0.00560 e. The molecule has 2 saturated carbocycles. The van der Waals surface area contributed by atoms with Crippen LogP contribution in [0.2, 0.25) is 0 Å². The molecule has 3 aliphatic rings. The molecule has 0 aromatic carbocycles. The molecule has 84 valence electrons. The van der Waals surface area contributed by atoms with Crippen LogP contribution < -0.4 is 0 Å². The molecule has 0 amide bonds. The lowest BCUT2D eigenvalue weighted by Crippen LogP contribution is -2.29. The second kappa shape index (κ2) is 2.70. The van der Waals surface area contributed by atoms with E-state index in [1.807, 2.05) is 0 Å². The summed E-state index contributed by atoms with van der Waals surface area (Å²) in [6.07, 6.45) is 9.55. The van der Waals surface area contributed by atoms with Gasteiger partial charge in [0.25, 0.3) is 0 Å². The lowest BCUT2D eigenvalue weighted by Gasteiger charge is -2.34. The Hall–Kier alpha value is -0.260. The van der Waals surface area contributed by atoms with E-state index in [0.717, 1.165) is 23.7 Å². The molecule has 0 aromatic rings. The van der Waals surface area contributed by atoms with Gasteiger partial charge in [-0.2, -0.15) is 0 Å². The predicted octanol–water partition coefficient (Wildman–Crippen LogP) is 4.27. The largest absolute Gasteiger partial charge is 0.0848 e. The van der Waals surface area contributed by atoms with Crippen LogP contribution in [-0.4, -0.2) is 0 Å². The Labute approximate surface area is 94.1 Å². The van der Waals surface area contributed by atoms with Gasteiger partial charge in [-0.05, 0) is 53.8 Å². The fourth-order valence-corrected chi connectivity index (χ4v) is 5.28. The van der Waals surface area contributed by atoms with Gasteiger partial charge >= 0.3 is 0 Å². The first-order chi connectivity index (χ1) is 6.98. The van der Waals surface area contributed by atoms with Crippen molar-refractivity contribution in [2.24, 2.45) is 34.5 Å². The van der Waals surface area contributed by atoms with Gasteiger partial charge in [0.05, 0.1) is 0 Å². The average molecular weight is 204 g/mol. The Morgan fingerprint density at radius 1 is 1.13 bits per heavy atom. The minimum atomic E-state index is 0.577. The van der Waals surface area contributed by atoms with Crippen molar-refractivity contribution in [3.63, 3.8) is 0 Å². The maximum atomic E-state index is 2.62. The number of rotatable bonds is 0. The highest BCUT2D eigenvalue weighted by molar-refractivity contribution is 5.23. The Bertz CT molecular complexity index is 312. The first-order valence-corrected chi connectivity index (χ1v) is 6.68. The maximum Gasteiger partial charge on any atom is -0.00560 e. The van der Waals surface area contributed by atoms with E-state index in [-0.39, 0.29) is 0 Å². The van der Waals surface area contributed by atoms with Crippen LogP contribution in [0, 0.1) is 34.5 Å². The van der Waals surface area contributed by atoms with Crippen LogP contribution in [0.25, 0.3) is 0 Å². The number of hydrogen-bond donors (Lipinski definition) is 0. The van der Waals surface area contributed by atoms with Crippen molar-refractivity contribution < 1.29 is 0 Å². The van der Waals surface area contributed by atoms with Crippen molar-refractivity contribution in [1.82, 2.24) is 0 Å². The SMILES string of the molecule is CC1C=CC23CC1C(C)(C)C2CCC3C. The van der Waals surface area contributed by atoms with Gasteiger partial charge in [0.2, 0.25) is 0 Å². The lowest BCUT2D eigenvalue weighted by atomic mass is 9.70. The molecule has 3 aliphatic carbocycles. The third-order valence-electron chi connectivity index (χ3n) is 6.23. The van der Waals surface area contributed by atoms with Crippen molar-refractivity contribution in [3.8, 4) is 0 Å². The number of fused-ring (bicyclic) bond motifs is 1. The van der Waals surface area contributed by atoms with Crippen LogP contribution in [0.15, 0.2) is 12.2 Å². The third kappa shape index (κ3) is 0.990. The third-order valence-corrected chi connectivity index (χ3v) is 6.23. The summed E-state index contributed by atoms with van der Waals surface area (Å²) in [5, 5.41) is 0. The molecule has 0 heterocycles. The van der Waals surface area contributed by atoms with Crippen LogP contribution >= 0.6 is 0 Å². The van der Waals surface area contributed by atoms with Crippen LogP contribution in [0.4, 0.5) is 0 Å². The lowest BCUT2D eigenvalue weighted by molar-refractivity contribution is 0.146. The Morgan fingerprint density at radius 3 is 2.60 bits per heavy atom. The summed E-state index contributed by atoms with van der Waals surface area (Å²) in [5.74, 6) is 3.64. The van der Waals surface area contributed by atoms with E-state index in [1.165, 1.54) is 19.3 Å². The Morgan fingerprint density at radius 2 is 1.87 bits per heavy atom. The van der Waals surface area contributed by atoms with Crippen molar-refractivity contribution in [2.45, 2.75) is 47.0 Å². The molecule has 0 heteroatoms. The zero-order chi connectivity index (χ0) is 10.8. The van der Waals surface area contributed by atoms with Crippen LogP contribution in [0.1, 0.15) is 47.0 Å². The highest BCUT2D eigenvalue weighted by Crippen LogP contribution is 2.70. The first kappa shape index (κ1) is 9.93. The van der Waals surface area contributed by atoms with Crippen molar-refractivity contribution in [3.05, 3.63) is 12.2 Å². The summed E-state index contributed by atoms with van der Waals surface area (Å²) in [4.78, 5) is 0. The van der Waals surface area contributed by atoms with Crippen LogP contribution in [0.5, 0.6) is 0 Å². The zero-order valence-corrected chi connectivity index (χ0v) is 10.6. The predicted molar refractivity (Wildman–Crippen MR) is 64.5 cm³/mol. The molecule has 1 spiro atoms. The highest BCUT2D eigenvalue weighted by Gasteiger charge is 2.62. The molecule has 3 rings (SSSR count). The maximum absolute atomic E-state index is 2.62. The van der Waals surface area contributed by atoms with Crippen molar-refractivity contribution in [2.75, 3.05) is 0 Å². The zero-order valence-electron chi connectivity index (χ0n) is 10.6. The monoisotopic (exact) mass is 204 g/mol. The van der Waals surface area contributed by atoms with Gasteiger partial charge in [0.15, 0.2) is 0 Å². The fraction of sp³-hybridized carbons (Fsp3) is 0.867. The molecular formula is C15H24. The summed E-state index contributed by atoms with van der Waals surface area (Å²) >= 11 is 0. The summed E-state index contributed by atoms with van der Waals surface area (Å²) in [6.45, 7) is 9.97. The van der Waals surface area contributed by atoms with E-state index in [0.29, 0.717) is 10.8 Å². The summed E-state index contributed by atoms with van der Waals surface area (Å²) in [6, 6.07) is 0. The van der Waals surface area contributed by atoms with E-state index in [2.05, 4.69) is 39.8 Å². The average Bonchev–Trinajstić information content (AvgIpc) is 2.57. The molecule has 5 unspecified atom stereocenters. The molecule has 0 radical (unpaired) electrons. The molecule has 2 bridgehead atoms. The van der Waals surface area contributed by atoms with Gasteiger partial charge in [-0.25, -0.2) is 0 Å². The van der Waals surface area contributed by atoms with Gasteiger partial charge in [0, 0.05) is 0 Å². The van der Waals surface area contributed by atoms with Gasteiger partial charge in [-0.1, -0.05) is 39.8 Å². The first-order valence-electron chi connectivity index (χ1n) is 6.68. The van der Waals surface area contributed by atoms with E-state index in [9.17, 15) is 0 Å². The van der Waals surface area contributed by atoms with Gasteiger partial charge < -0.3 is 0 Å². The Kier molecular flexibility index (Phi) is 1.79. The molecule has 2 fully saturated rings. The minimum Gasteiger partial charge on any atom is -0.0848 e. The molecule has 0 nitrogen and oxygen atoms in total. The standard InChI is InChI=1S/C15H24/c1-10-7-8-15-9-12(10)14(3,4)13(15)6-5-11(15)2/h7-8,10-13H,5-6,9H2,1-4H3. The van der Waals surface area contributed by atoms with Crippen molar-refractivity contribution in [1.29, 1.82) is 0 Å². The molecule has 15 heavy (non-hydrogen) atoms. The highest BCUT2D eigenvalue weighted by atomic mass is 14.7. The molecule has 0 aromatic heterocycles. The summed E-state index contributed by atoms with van der Waals surface area (Å²) in [7, 11) is 0. The number of hydrogen-bond acceptors (Lipinski definition) is 0. The second-order valence-electron chi connectivity index (χ2n) is 6.99. The van der Waals surface area contributed by atoms with E-state index in [4.69, 9.17) is 0 Å². The molecule has 0 aliphatic heterocycles. The van der Waals surface area contributed by atoms with Crippen molar-refractivity contribution >= 4 is 0 Å². The van der Waals surface area contributed by atoms with Crippen LogP contribution in [-0.2, 0) is 0 Å². The fourth-order valence-electron chi connectivity index (χ4n) is 5.28. The van der Waals surface area contributed by atoms with Crippen LogP contribution in [0.3, 0.4) is 0 Å². The van der Waals surface area contributed by atoms with E-state index >= 15 is 0 Å². The molecular weight excluding hydrogens is 180 g/mol. The summed E-state index contributed by atoms with van der Waals surface area (Å²) in [5.41, 5.74) is 1.17. The normalized spacial score (nSPS) is 55.7. The van der Waals surface area contributed by atoms with Gasteiger partial charge in [-0.15, -0.1) is 0 Å². The van der Waals surface area contributed by atoms with Gasteiger partial charge in [0.1, 0.15) is 0 Å². The second-order valence-corrected chi connectivity index (χ2v) is 6.99. The molecule has 5 atom stereocenters. The van der Waals surface area contributed by atoms with E-state index < -0.39 is 0 Å². The molecule has 0 saturated heterocycles. The Balaban J connectivity index is 2.11. The summed E-state index contributed by atoms with van der Waals surface area (Å²) < 4.78 is 0.